The minimum Gasteiger partial charge on any atom is -0.457 e. The van der Waals surface area contributed by atoms with E-state index >= 15 is 0 Å². The molecule has 0 saturated carbocycles. The molecule has 1 heterocycles. The predicted octanol–water partition coefficient (Wildman–Crippen LogP) is 4.92. The van der Waals surface area contributed by atoms with Crippen LogP contribution in [-0.2, 0) is 6.18 Å². The highest BCUT2D eigenvalue weighted by atomic mass is 19.4. The van der Waals surface area contributed by atoms with Crippen LogP contribution in [0.15, 0.2) is 54.9 Å². The number of ether oxygens (including phenoxy) is 1. The lowest BCUT2D eigenvalue weighted by atomic mass is 10.1. The fourth-order valence-electron chi connectivity index (χ4n) is 2.19. The summed E-state index contributed by atoms with van der Waals surface area (Å²) in [7, 11) is 0. The number of hydrogen-bond donors (Lipinski definition) is 0. The Morgan fingerprint density at radius 1 is 0.957 bits per heavy atom. The molecule has 0 radical (unpaired) electrons. The SMILES string of the molecule is N#Cc1ccc(Oc2ccc(C(F)(F)F)cc2)c2cnccc12. The average molecular weight is 314 g/mol. The second kappa shape index (κ2) is 5.61. The van der Waals surface area contributed by atoms with Crippen molar-refractivity contribution in [3.05, 3.63) is 66.0 Å². The number of benzene rings is 2. The van der Waals surface area contributed by atoms with Gasteiger partial charge in [-0.25, -0.2) is 0 Å². The summed E-state index contributed by atoms with van der Waals surface area (Å²) in [4.78, 5) is 4.00. The van der Waals surface area contributed by atoms with Crippen LogP contribution in [0.3, 0.4) is 0 Å². The number of rotatable bonds is 2. The van der Waals surface area contributed by atoms with E-state index < -0.39 is 11.7 Å². The Labute approximate surface area is 129 Å². The lowest BCUT2D eigenvalue weighted by Crippen LogP contribution is -2.04. The van der Waals surface area contributed by atoms with E-state index in [1.54, 1.807) is 30.6 Å². The molecule has 0 aliphatic rings. The number of fused-ring (bicyclic) bond motifs is 1. The van der Waals surface area contributed by atoms with Crippen molar-refractivity contribution >= 4 is 10.8 Å². The Bertz CT molecular complexity index is 896. The van der Waals surface area contributed by atoms with E-state index in [4.69, 9.17) is 10.00 Å². The van der Waals surface area contributed by atoms with Crippen molar-refractivity contribution in [3.8, 4) is 17.6 Å². The van der Waals surface area contributed by atoms with Gasteiger partial charge in [0.2, 0.25) is 0 Å². The van der Waals surface area contributed by atoms with Crippen molar-refractivity contribution in [2.45, 2.75) is 6.18 Å². The molecule has 2 aromatic carbocycles. The smallest absolute Gasteiger partial charge is 0.416 e. The molecule has 0 unspecified atom stereocenters. The summed E-state index contributed by atoms with van der Waals surface area (Å²) in [6.07, 6.45) is -1.27. The van der Waals surface area contributed by atoms with E-state index in [1.165, 1.54) is 12.1 Å². The number of nitriles is 1. The predicted molar refractivity (Wildman–Crippen MR) is 78.0 cm³/mol. The van der Waals surface area contributed by atoms with Crippen LogP contribution in [0.25, 0.3) is 10.8 Å². The molecule has 0 fully saturated rings. The van der Waals surface area contributed by atoms with Gasteiger partial charge in [-0.15, -0.1) is 0 Å². The summed E-state index contributed by atoms with van der Waals surface area (Å²) in [5, 5.41) is 10.4. The maximum absolute atomic E-state index is 12.6. The van der Waals surface area contributed by atoms with Crippen LogP contribution in [0.2, 0.25) is 0 Å². The summed E-state index contributed by atoms with van der Waals surface area (Å²) in [6, 6.07) is 11.4. The summed E-state index contributed by atoms with van der Waals surface area (Å²) in [6.45, 7) is 0. The molecule has 23 heavy (non-hydrogen) atoms. The molecule has 114 valence electrons. The maximum Gasteiger partial charge on any atom is 0.416 e. The Morgan fingerprint density at radius 2 is 1.70 bits per heavy atom. The van der Waals surface area contributed by atoms with Crippen molar-refractivity contribution in [1.82, 2.24) is 4.98 Å². The molecule has 0 spiro atoms. The van der Waals surface area contributed by atoms with Gasteiger partial charge < -0.3 is 4.74 Å². The Balaban J connectivity index is 1.98. The number of hydrogen-bond acceptors (Lipinski definition) is 3. The zero-order chi connectivity index (χ0) is 16.4. The summed E-state index contributed by atoms with van der Waals surface area (Å²) >= 11 is 0. The van der Waals surface area contributed by atoms with Gasteiger partial charge in [0.25, 0.3) is 0 Å². The molecule has 0 atom stereocenters. The lowest BCUT2D eigenvalue weighted by molar-refractivity contribution is -0.137. The van der Waals surface area contributed by atoms with Gasteiger partial charge in [0.05, 0.1) is 17.2 Å². The van der Waals surface area contributed by atoms with Crippen LogP contribution in [0, 0.1) is 11.3 Å². The zero-order valence-corrected chi connectivity index (χ0v) is 11.6. The van der Waals surface area contributed by atoms with Gasteiger partial charge in [0.15, 0.2) is 0 Å². The molecule has 0 saturated heterocycles. The highest BCUT2D eigenvalue weighted by molar-refractivity contribution is 5.92. The van der Waals surface area contributed by atoms with Gasteiger partial charge in [-0.1, -0.05) is 0 Å². The van der Waals surface area contributed by atoms with E-state index in [2.05, 4.69) is 11.1 Å². The highest BCUT2D eigenvalue weighted by Crippen LogP contribution is 2.34. The molecular weight excluding hydrogens is 305 g/mol. The van der Waals surface area contributed by atoms with Gasteiger partial charge in [-0.2, -0.15) is 18.4 Å². The van der Waals surface area contributed by atoms with Crippen molar-refractivity contribution in [2.24, 2.45) is 0 Å². The molecule has 6 heteroatoms. The standard InChI is InChI=1S/C17H9F3N2O/c18-17(19,20)12-2-4-13(5-3-12)23-16-6-1-11(9-21)14-7-8-22-10-15(14)16/h1-8,10H. The molecule has 0 aliphatic carbocycles. The first-order chi connectivity index (χ1) is 11.0. The van der Waals surface area contributed by atoms with Crippen molar-refractivity contribution in [1.29, 1.82) is 5.26 Å². The van der Waals surface area contributed by atoms with Crippen LogP contribution in [-0.4, -0.2) is 4.98 Å². The maximum atomic E-state index is 12.6. The van der Waals surface area contributed by atoms with Crippen LogP contribution in [0.1, 0.15) is 11.1 Å². The molecule has 0 amide bonds. The van der Waals surface area contributed by atoms with Crippen molar-refractivity contribution in [3.63, 3.8) is 0 Å². The fourth-order valence-corrected chi connectivity index (χ4v) is 2.19. The topological polar surface area (TPSA) is 45.9 Å². The Hall–Kier alpha value is -3.07. The first kappa shape index (κ1) is 14.9. The number of nitrogens with zero attached hydrogens (tertiary/aromatic N) is 2. The van der Waals surface area contributed by atoms with Crippen LogP contribution in [0.4, 0.5) is 13.2 Å². The molecule has 3 rings (SSSR count). The van der Waals surface area contributed by atoms with Gasteiger partial charge in [-0.3, -0.25) is 4.98 Å². The number of aromatic nitrogens is 1. The number of alkyl halides is 3. The van der Waals surface area contributed by atoms with E-state index in [0.29, 0.717) is 22.1 Å². The summed E-state index contributed by atoms with van der Waals surface area (Å²) in [5.41, 5.74) is -0.265. The largest absolute Gasteiger partial charge is 0.457 e. The van der Waals surface area contributed by atoms with Gasteiger partial charge in [0, 0.05) is 23.2 Å². The Morgan fingerprint density at radius 3 is 2.35 bits per heavy atom. The van der Waals surface area contributed by atoms with E-state index in [0.717, 1.165) is 12.1 Å². The first-order valence-electron chi connectivity index (χ1n) is 6.61. The van der Waals surface area contributed by atoms with Crippen molar-refractivity contribution in [2.75, 3.05) is 0 Å². The normalized spacial score (nSPS) is 11.2. The monoisotopic (exact) mass is 314 g/mol. The van der Waals surface area contributed by atoms with E-state index in [-0.39, 0.29) is 5.75 Å². The summed E-state index contributed by atoms with van der Waals surface area (Å²) in [5.74, 6) is 0.694. The first-order valence-corrected chi connectivity index (χ1v) is 6.61. The molecular formula is C17H9F3N2O. The number of pyridine rings is 1. The number of halogens is 3. The fraction of sp³-hybridized carbons (Fsp3) is 0.0588. The Kier molecular flexibility index (Phi) is 3.62. The average Bonchev–Trinajstić information content (AvgIpc) is 2.55. The summed E-state index contributed by atoms with van der Waals surface area (Å²) < 4.78 is 43.3. The minimum atomic E-state index is -4.39. The van der Waals surface area contributed by atoms with Crippen molar-refractivity contribution < 1.29 is 17.9 Å². The lowest BCUT2D eigenvalue weighted by Gasteiger charge is -2.11. The molecule has 1 aromatic heterocycles. The molecule has 0 bridgehead atoms. The highest BCUT2D eigenvalue weighted by Gasteiger charge is 2.30. The van der Waals surface area contributed by atoms with Crippen LogP contribution < -0.4 is 4.74 Å². The van der Waals surface area contributed by atoms with Gasteiger partial charge in [-0.05, 0) is 42.5 Å². The molecule has 0 aliphatic heterocycles. The van der Waals surface area contributed by atoms with Gasteiger partial charge in [0.1, 0.15) is 11.5 Å². The second-order valence-corrected chi connectivity index (χ2v) is 4.77. The minimum absolute atomic E-state index is 0.271. The molecule has 3 aromatic rings. The quantitative estimate of drug-likeness (QED) is 0.674. The third kappa shape index (κ3) is 2.94. The van der Waals surface area contributed by atoms with Gasteiger partial charge >= 0.3 is 6.18 Å². The zero-order valence-electron chi connectivity index (χ0n) is 11.6. The molecule has 0 N–H and O–H groups in total. The second-order valence-electron chi connectivity index (χ2n) is 4.77. The third-order valence-electron chi connectivity index (χ3n) is 3.31. The van der Waals surface area contributed by atoms with E-state index in [1.807, 2.05) is 0 Å². The van der Waals surface area contributed by atoms with E-state index in [9.17, 15) is 13.2 Å². The molecule has 3 nitrogen and oxygen atoms in total. The van der Waals surface area contributed by atoms with Crippen LogP contribution >= 0.6 is 0 Å². The third-order valence-corrected chi connectivity index (χ3v) is 3.31. The van der Waals surface area contributed by atoms with Crippen LogP contribution in [0.5, 0.6) is 11.5 Å².